The molecule has 2 aromatic rings. The van der Waals surface area contributed by atoms with Gasteiger partial charge in [-0.05, 0) is 36.7 Å². The normalized spacial score (nSPS) is 10.7. The summed E-state index contributed by atoms with van der Waals surface area (Å²) in [5, 5.41) is 0. The van der Waals surface area contributed by atoms with Crippen LogP contribution in [-0.2, 0) is 6.54 Å². The monoisotopic (exact) mass is 364 g/mol. The molecule has 0 aliphatic heterocycles. The number of ether oxygens (including phenoxy) is 2. The first-order valence-electron chi connectivity index (χ1n) is 8.21. The molecule has 26 heavy (non-hydrogen) atoms. The van der Waals surface area contributed by atoms with Crippen LogP contribution in [0.3, 0.4) is 0 Å². The topological polar surface area (TPSA) is 64.8 Å². The Morgan fingerprint density at radius 1 is 1.15 bits per heavy atom. The maximum absolute atomic E-state index is 12.9. The minimum absolute atomic E-state index is 0.137. The average Bonchev–Trinajstić information content (AvgIpc) is 2.65. The fourth-order valence-corrected chi connectivity index (χ4v) is 2.52. The summed E-state index contributed by atoms with van der Waals surface area (Å²) in [6, 6.07) is 13.8. The minimum Gasteiger partial charge on any atom is -0.493 e. The lowest BCUT2D eigenvalue weighted by Gasteiger charge is -2.23. The number of benzene rings is 2. The van der Waals surface area contributed by atoms with E-state index >= 15 is 0 Å². The number of hydrogen-bond donors (Lipinski definition) is 1. The van der Waals surface area contributed by atoms with E-state index in [1.165, 1.54) is 25.3 Å². The second kappa shape index (κ2) is 9.72. The van der Waals surface area contributed by atoms with Gasteiger partial charge >= 0.3 is 6.61 Å². The molecule has 0 atom stereocenters. The Bertz CT molecular complexity index is 711. The molecule has 7 heteroatoms. The van der Waals surface area contributed by atoms with Crippen LogP contribution in [0.5, 0.6) is 11.5 Å². The molecule has 0 saturated carbocycles. The number of alkyl halides is 2. The van der Waals surface area contributed by atoms with Crippen LogP contribution in [0.15, 0.2) is 48.5 Å². The Balaban J connectivity index is 2.26. The number of amides is 1. The quantitative estimate of drug-likeness (QED) is 0.742. The summed E-state index contributed by atoms with van der Waals surface area (Å²) >= 11 is 0. The van der Waals surface area contributed by atoms with E-state index in [0.29, 0.717) is 26.1 Å². The lowest BCUT2D eigenvalue weighted by atomic mass is 10.1. The summed E-state index contributed by atoms with van der Waals surface area (Å²) in [4.78, 5) is 14.5. The Kier molecular flexibility index (Phi) is 7.35. The van der Waals surface area contributed by atoms with Crippen LogP contribution in [0, 0.1) is 0 Å². The van der Waals surface area contributed by atoms with Gasteiger partial charge in [0.1, 0.15) is 0 Å². The molecule has 0 fully saturated rings. The molecular formula is C19H22F2N2O3. The first-order valence-corrected chi connectivity index (χ1v) is 8.21. The fraction of sp³-hybridized carbons (Fsp3) is 0.316. The van der Waals surface area contributed by atoms with Gasteiger partial charge in [0.2, 0.25) is 0 Å². The average molecular weight is 364 g/mol. The number of rotatable bonds is 9. The number of nitrogens with two attached hydrogens (primary N) is 1. The predicted octanol–water partition coefficient (Wildman–Crippen LogP) is 3.29. The van der Waals surface area contributed by atoms with Crippen molar-refractivity contribution in [1.29, 1.82) is 0 Å². The third kappa shape index (κ3) is 5.42. The van der Waals surface area contributed by atoms with E-state index < -0.39 is 6.61 Å². The first kappa shape index (κ1) is 19.7. The highest BCUT2D eigenvalue weighted by Crippen LogP contribution is 2.30. The molecular weight excluding hydrogens is 342 g/mol. The Labute approximate surface area is 151 Å². The largest absolute Gasteiger partial charge is 0.493 e. The standard InChI is InChI=1S/C19H22F2N2O3/c1-25-16-9-8-15(12-17(16)26-19(20)21)18(24)23(11-5-10-22)13-14-6-3-2-4-7-14/h2-4,6-9,12,19H,5,10-11,13,22H2,1H3. The second-order valence-electron chi connectivity index (χ2n) is 5.60. The second-order valence-corrected chi connectivity index (χ2v) is 5.60. The number of hydrogen-bond acceptors (Lipinski definition) is 4. The van der Waals surface area contributed by atoms with Gasteiger partial charge in [0.15, 0.2) is 11.5 Å². The lowest BCUT2D eigenvalue weighted by molar-refractivity contribution is -0.0512. The molecule has 1 amide bonds. The van der Waals surface area contributed by atoms with Gasteiger partial charge in [0.05, 0.1) is 7.11 Å². The van der Waals surface area contributed by atoms with E-state index in [1.807, 2.05) is 30.3 Å². The molecule has 0 unspecified atom stereocenters. The SMILES string of the molecule is COc1ccc(C(=O)N(CCCN)Cc2ccccc2)cc1OC(F)F. The number of nitrogens with zero attached hydrogens (tertiary/aromatic N) is 1. The van der Waals surface area contributed by atoms with Crippen LogP contribution in [0.4, 0.5) is 8.78 Å². The smallest absolute Gasteiger partial charge is 0.387 e. The maximum atomic E-state index is 12.9. The van der Waals surface area contributed by atoms with Gasteiger partial charge in [-0.2, -0.15) is 8.78 Å². The number of methoxy groups -OCH3 is 1. The zero-order valence-corrected chi connectivity index (χ0v) is 14.5. The summed E-state index contributed by atoms with van der Waals surface area (Å²) in [6.07, 6.45) is 0.634. The summed E-state index contributed by atoms with van der Waals surface area (Å²) in [6.45, 7) is -1.70. The zero-order chi connectivity index (χ0) is 18.9. The van der Waals surface area contributed by atoms with Crippen LogP contribution in [0.1, 0.15) is 22.3 Å². The van der Waals surface area contributed by atoms with E-state index in [9.17, 15) is 13.6 Å². The van der Waals surface area contributed by atoms with Gasteiger partial charge in [-0.3, -0.25) is 4.79 Å². The third-order valence-corrected chi connectivity index (χ3v) is 3.76. The molecule has 2 aromatic carbocycles. The molecule has 2 rings (SSSR count). The molecule has 0 heterocycles. The third-order valence-electron chi connectivity index (χ3n) is 3.76. The van der Waals surface area contributed by atoms with Gasteiger partial charge < -0.3 is 20.1 Å². The Morgan fingerprint density at radius 3 is 2.50 bits per heavy atom. The molecule has 0 aliphatic carbocycles. The van der Waals surface area contributed by atoms with Crippen molar-refractivity contribution in [1.82, 2.24) is 4.90 Å². The van der Waals surface area contributed by atoms with Gasteiger partial charge in [-0.25, -0.2) is 0 Å². The molecule has 2 N–H and O–H groups in total. The van der Waals surface area contributed by atoms with Gasteiger partial charge in [0.25, 0.3) is 5.91 Å². The maximum Gasteiger partial charge on any atom is 0.387 e. The van der Waals surface area contributed by atoms with Crippen molar-refractivity contribution in [3.05, 3.63) is 59.7 Å². The van der Waals surface area contributed by atoms with Gasteiger partial charge in [-0.15, -0.1) is 0 Å². The van der Waals surface area contributed by atoms with Crippen LogP contribution in [0.25, 0.3) is 0 Å². The summed E-state index contributed by atoms with van der Waals surface area (Å²) in [5.74, 6) is -0.325. The highest BCUT2D eigenvalue weighted by atomic mass is 19.3. The number of carbonyl (C=O) groups excluding carboxylic acids is 1. The van der Waals surface area contributed by atoms with Gasteiger partial charge in [-0.1, -0.05) is 30.3 Å². The van der Waals surface area contributed by atoms with Crippen molar-refractivity contribution in [3.63, 3.8) is 0 Å². The van der Waals surface area contributed by atoms with Crippen LogP contribution in [0.2, 0.25) is 0 Å². The van der Waals surface area contributed by atoms with Crippen molar-refractivity contribution in [2.24, 2.45) is 5.73 Å². The van der Waals surface area contributed by atoms with Crippen LogP contribution in [-0.4, -0.2) is 37.6 Å². The molecule has 0 bridgehead atoms. The van der Waals surface area contributed by atoms with Crippen molar-refractivity contribution in [2.75, 3.05) is 20.2 Å². The molecule has 0 radical (unpaired) electrons. The van der Waals surface area contributed by atoms with Gasteiger partial charge in [0, 0.05) is 18.7 Å². The molecule has 0 aromatic heterocycles. The Hall–Kier alpha value is -2.67. The van der Waals surface area contributed by atoms with Crippen molar-refractivity contribution < 1.29 is 23.0 Å². The first-order chi connectivity index (χ1) is 12.5. The molecule has 0 spiro atoms. The molecule has 0 aliphatic rings. The Morgan fingerprint density at radius 2 is 1.88 bits per heavy atom. The summed E-state index contributed by atoms with van der Waals surface area (Å²) < 4.78 is 34.6. The number of halogens is 2. The lowest BCUT2D eigenvalue weighted by Crippen LogP contribution is -2.32. The molecule has 140 valence electrons. The predicted molar refractivity (Wildman–Crippen MR) is 94.5 cm³/mol. The summed E-state index contributed by atoms with van der Waals surface area (Å²) in [7, 11) is 1.35. The van der Waals surface area contributed by atoms with Crippen molar-refractivity contribution in [3.8, 4) is 11.5 Å². The minimum atomic E-state index is -3.01. The molecule has 5 nitrogen and oxygen atoms in total. The highest BCUT2D eigenvalue weighted by molar-refractivity contribution is 5.95. The van der Waals surface area contributed by atoms with Crippen LogP contribution >= 0.6 is 0 Å². The van der Waals surface area contributed by atoms with Crippen molar-refractivity contribution in [2.45, 2.75) is 19.6 Å². The van der Waals surface area contributed by atoms with Crippen LogP contribution < -0.4 is 15.2 Å². The van der Waals surface area contributed by atoms with Crippen molar-refractivity contribution >= 4 is 5.91 Å². The van der Waals surface area contributed by atoms with E-state index in [-0.39, 0.29) is 23.0 Å². The number of carbonyl (C=O) groups is 1. The van der Waals surface area contributed by atoms with E-state index in [1.54, 1.807) is 4.90 Å². The molecule has 0 saturated heterocycles. The van der Waals surface area contributed by atoms with E-state index in [0.717, 1.165) is 5.56 Å². The van der Waals surface area contributed by atoms with E-state index in [2.05, 4.69) is 4.74 Å². The summed E-state index contributed by atoms with van der Waals surface area (Å²) in [5.41, 5.74) is 6.78. The fourth-order valence-electron chi connectivity index (χ4n) is 2.52. The van der Waals surface area contributed by atoms with E-state index in [4.69, 9.17) is 10.5 Å². The highest BCUT2D eigenvalue weighted by Gasteiger charge is 2.19. The zero-order valence-electron chi connectivity index (χ0n) is 14.5.